The van der Waals surface area contributed by atoms with Gasteiger partial charge >= 0.3 is 5.97 Å². The molecule has 0 saturated heterocycles. The molecule has 3 fully saturated rings. The van der Waals surface area contributed by atoms with Crippen LogP contribution in [-0.4, -0.2) is 11.6 Å². The number of allylic oxidation sites excluding steroid dienone is 2. The predicted octanol–water partition coefficient (Wildman–Crippen LogP) is 5.41. The molecule has 4 aliphatic carbocycles. The number of nitrogens with zero attached hydrogens (tertiary/aromatic N) is 1. The largest absolute Gasteiger partial charge is 0.459 e. The van der Waals surface area contributed by atoms with Gasteiger partial charge in [-0.3, -0.25) is 4.79 Å². The van der Waals surface area contributed by atoms with E-state index in [4.69, 9.17) is 4.74 Å². The van der Waals surface area contributed by atoms with Crippen LogP contribution in [0.5, 0.6) is 0 Å². The third kappa shape index (κ3) is 2.33. The van der Waals surface area contributed by atoms with Gasteiger partial charge in [-0.05, 0) is 87.4 Å². The minimum Gasteiger partial charge on any atom is -0.459 e. The second-order valence-electron chi connectivity index (χ2n) is 10.2. The maximum Gasteiger partial charge on any atom is 0.303 e. The van der Waals surface area contributed by atoms with E-state index in [1.54, 1.807) is 6.92 Å². The molecular weight excluding hydrogens is 322 g/mol. The fourth-order valence-corrected chi connectivity index (χ4v) is 7.76. The molecule has 3 saturated carbocycles. The second kappa shape index (κ2) is 5.85. The van der Waals surface area contributed by atoms with E-state index < -0.39 is 0 Å². The summed E-state index contributed by atoms with van der Waals surface area (Å²) in [5, 5.41) is 9.47. The third-order valence-corrected chi connectivity index (χ3v) is 9.33. The minimum absolute atomic E-state index is 0.103. The van der Waals surface area contributed by atoms with E-state index in [2.05, 4.69) is 32.9 Å². The van der Waals surface area contributed by atoms with E-state index in [1.807, 2.05) is 0 Å². The van der Waals surface area contributed by atoms with Crippen LogP contribution in [-0.2, 0) is 9.53 Å². The molecule has 142 valence electrons. The van der Waals surface area contributed by atoms with E-state index in [1.165, 1.54) is 25.7 Å². The van der Waals surface area contributed by atoms with E-state index in [0.717, 1.165) is 49.0 Å². The maximum absolute atomic E-state index is 11.8. The number of rotatable bonds is 1. The predicted molar refractivity (Wildman–Crippen MR) is 101 cm³/mol. The van der Waals surface area contributed by atoms with Crippen LogP contribution in [0.15, 0.2) is 11.6 Å². The molecule has 0 aliphatic heterocycles. The van der Waals surface area contributed by atoms with Crippen molar-refractivity contribution in [2.45, 2.75) is 84.7 Å². The van der Waals surface area contributed by atoms with Crippen molar-refractivity contribution in [2.24, 2.45) is 34.5 Å². The number of carbonyl (C=O) groups excluding carboxylic acids is 1. The van der Waals surface area contributed by atoms with Crippen molar-refractivity contribution in [1.82, 2.24) is 0 Å². The summed E-state index contributed by atoms with van der Waals surface area (Å²) >= 11 is 0. The van der Waals surface area contributed by atoms with Crippen molar-refractivity contribution in [3.05, 3.63) is 11.6 Å². The lowest BCUT2D eigenvalue weighted by Gasteiger charge is -2.60. The number of fused-ring (bicyclic) bond motifs is 5. The number of nitriles is 1. The van der Waals surface area contributed by atoms with Gasteiger partial charge in [-0.2, -0.15) is 5.26 Å². The van der Waals surface area contributed by atoms with Gasteiger partial charge in [0.05, 0.1) is 6.07 Å². The number of carbonyl (C=O) groups is 1. The van der Waals surface area contributed by atoms with Gasteiger partial charge in [0, 0.05) is 17.9 Å². The molecule has 0 aromatic rings. The summed E-state index contributed by atoms with van der Waals surface area (Å²) in [6.45, 7) is 8.60. The highest BCUT2D eigenvalue weighted by Crippen LogP contribution is 2.68. The third-order valence-electron chi connectivity index (χ3n) is 9.33. The Balaban J connectivity index is 1.64. The second-order valence-corrected chi connectivity index (χ2v) is 10.2. The van der Waals surface area contributed by atoms with Crippen LogP contribution in [0.2, 0.25) is 0 Å². The maximum atomic E-state index is 11.8. The molecule has 26 heavy (non-hydrogen) atoms. The first kappa shape index (κ1) is 18.1. The molecule has 3 heteroatoms. The van der Waals surface area contributed by atoms with E-state index in [-0.39, 0.29) is 22.4 Å². The topological polar surface area (TPSA) is 50.1 Å². The van der Waals surface area contributed by atoms with Crippen molar-refractivity contribution in [2.75, 3.05) is 0 Å². The molecule has 4 aliphatic rings. The van der Waals surface area contributed by atoms with Crippen LogP contribution >= 0.6 is 0 Å². The smallest absolute Gasteiger partial charge is 0.303 e. The molecule has 4 rings (SSSR count). The number of esters is 1. The molecule has 3 nitrogen and oxygen atoms in total. The number of hydrogen-bond donors (Lipinski definition) is 0. The Morgan fingerprint density at radius 2 is 1.88 bits per heavy atom. The van der Waals surface area contributed by atoms with Crippen LogP contribution in [0.4, 0.5) is 0 Å². The van der Waals surface area contributed by atoms with Crippen LogP contribution in [0, 0.1) is 45.8 Å². The zero-order valence-electron chi connectivity index (χ0n) is 16.8. The molecule has 0 amide bonds. The Kier molecular flexibility index (Phi) is 4.07. The Morgan fingerprint density at radius 1 is 1.15 bits per heavy atom. The first-order valence-electron chi connectivity index (χ1n) is 10.5. The van der Waals surface area contributed by atoms with Gasteiger partial charge in [0.2, 0.25) is 0 Å². The van der Waals surface area contributed by atoms with Crippen molar-refractivity contribution in [3.63, 3.8) is 0 Å². The summed E-state index contributed by atoms with van der Waals surface area (Å²) in [6, 6.07) is 2.45. The van der Waals surface area contributed by atoms with Gasteiger partial charge in [0.1, 0.15) is 5.60 Å². The highest BCUT2D eigenvalue weighted by atomic mass is 16.6. The number of ether oxygens (including phenoxy) is 1. The molecule has 0 aromatic carbocycles. The zero-order chi connectivity index (χ0) is 18.7. The molecule has 0 unspecified atom stereocenters. The summed E-state index contributed by atoms with van der Waals surface area (Å²) in [7, 11) is 0. The summed E-state index contributed by atoms with van der Waals surface area (Å²) < 4.78 is 5.93. The average Bonchev–Trinajstić information content (AvgIpc) is 2.84. The van der Waals surface area contributed by atoms with E-state index in [0.29, 0.717) is 5.92 Å². The average molecular weight is 356 g/mol. The first-order chi connectivity index (χ1) is 12.2. The van der Waals surface area contributed by atoms with Crippen LogP contribution in [0.25, 0.3) is 0 Å². The molecule has 7 atom stereocenters. The highest BCUT2D eigenvalue weighted by molar-refractivity contribution is 5.66. The molecule has 0 heterocycles. The van der Waals surface area contributed by atoms with Crippen LogP contribution < -0.4 is 0 Å². The van der Waals surface area contributed by atoms with Gasteiger partial charge in [-0.25, -0.2) is 0 Å². The Hall–Kier alpha value is -1.30. The fourth-order valence-electron chi connectivity index (χ4n) is 7.76. The quantitative estimate of drug-likeness (QED) is 0.591. The summed E-state index contributed by atoms with van der Waals surface area (Å²) in [5.74, 6) is 2.70. The molecule has 0 aromatic heterocycles. The van der Waals surface area contributed by atoms with Crippen LogP contribution in [0.1, 0.15) is 79.1 Å². The summed E-state index contributed by atoms with van der Waals surface area (Å²) in [5.41, 5.74) is 1.08. The van der Waals surface area contributed by atoms with Gasteiger partial charge in [-0.1, -0.05) is 19.9 Å². The SMILES string of the molecule is CC(=O)O[C@@]1(C)CC[C@H]2[C@@H]3CC[C@H]4CC=C(C#N)C[C@]4(C)[C@H]3CC[C@@]21C. The van der Waals surface area contributed by atoms with Crippen molar-refractivity contribution in [1.29, 1.82) is 5.26 Å². The highest BCUT2D eigenvalue weighted by Gasteiger charge is 2.64. The Labute approximate surface area is 158 Å². The number of hydrogen-bond acceptors (Lipinski definition) is 3. The van der Waals surface area contributed by atoms with E-state index >= 15 is 0 Å². The van der Waals surface area contributed by atoms with Gasteiger partial charge in [0.25, 0.3) is 0 Å². The minimum atomic E-state index is -0.309. The fraction of sp³-hybridized carbons (Fsp3) is 0.826. The molecule has 0 bridgehead atoms. The standard InChI is InChI=1S/C23H33NO2/c1-15(25)26-23(4)12-10-20-18-8-7-17-6-5-16(14-24)13-21(17,2)19(18)9-11-22(20,23)3/h5,17-20H,6-13H2,1-4H3/t17-,18-,19+,20+,21+,22+,23+/m1/s1. The zero-order valence-corrected chi connectivity index (χ0v) is 16.8. The molecule has 0 radical (unpaired) electrons. The molecule has 0 N–H and O–H groups in total. The van der Waals surface area contributed by atoms with Gasteiger partial charge < -0.3 is 4.74 Å². The first-order valence-corrected chi connectivity index (χ1v) is 10.5. The lowest BCUT2D eigenvalue weighted by Crippen LogP contribution is -2.56. The van der Waals surface area contributed by atoms with Crippen molar-refractivity contribution in [3.8, 4) is 6.07 Å². The Bertz CT molecular complexity index is 691. The van der Waals surface area contributed by atoms with Crippen molar-refractivity contribution < 1.29 is 9.53 Å². The summed E-state index contributed by atoms with van der Waals surface area (Å²) in [4.78, 5) is 11.8. The lowest BCUT2D eigenvalue weighted by atomic mass is 9.44. The molecular formula is C23H33NO2. The monoisotopic (exact) mass is 355 g/mol. The van der Waals surface area contributed by atoms with Crippen LogP contribution in [0.3, 0.4) is 0 Å². The molecule has 0 spiro atoms. The normalized spacial score (nSPS) is 49.9. The van der Waals surface area contributed by atoms with Gasteiger partial charge in [-0.15, -0.1) is 0 Å². The van der Waals surface area contributed by atoms with E-state index in [9.17, 15) is 10.1 Å². The summed E-state index contributed by atoms with van der Waals surface area (Å²) in [6.07, 6.45) is 11.4. The van der Waals surface area contributed by atoms with Gasteiger partial charge in [0.15, 0.2) is 0 Å². The lowest BCUT2D eigenvalue weighted by molar-refractivity contribution is -0.181. The van der Waals surface area contributed by atoms with Crippen molar-refractivity contribution >= 4 is 5.97 Å². The Morgan fingerprint density at radius 3 is 2.58 bits per heavy atom.